The molecule has 96 valence electrons. The number of aromatic amines is 2. The summed E-state index contributed by atoms with van der Waals surface area (Å²) in [6, 6.07) is 8.60. The van der Waals surface area contributed by atoms with Gasteiger partial charge in [0.25, 0.3) is 0 Å². The van der Waals surface area contributed by atoms with E-state index in [1.165, 1.54) is 6.07 Å². The van der Waals surface area contributed by atoms with Crippen LogP contribution in [0.1, 0.15) is 5.56 Å². The summed E-state index contributed by atoms with van der Waals surface area (Å²) in [4.78, 5) is 22.3. The summed E-state index contributed by atoms with van der Waals surface area (Å²) in [5.74, 6) is 0.668. The third-order valence-electron chi connectivity index (χ3n) is 2.68. The number of hydrazone groups is 1. The number of hydrogen-bond acceptors (Lipinski definition) is 6. The zero-order valence-electron chi connectivity index (χ0n) is 9.65. The number of hydrogen-bond donors (Lipinski definition) is 5. The molecule has 0 unspecified atom stereocenters. The Morgan fingerprint density at radius 1 is 0.947 bits per heavy atom. The summed E-state index contributed by atoms with van der Waals surface area (Å²) in [5.41, 5.74) is 9.02. The number of rotatable bonds is 2. The Bertz CT molecular complexity index is 743. The molecule has 0 amide bonds. The van der Waals surface area contributed by atoms with E-state index in [9.17, 15) is 9.59 Å². The van der Waals surface area contributed by atoms with E-state index in [0.717, 1.165) is 11.1 Å². The molecule has 0 spiro atoms. The summed E-state index contributed by atoms with van der Waals surface area (Å²) in [6.07, 6.45) is 0. The van der Waals surface area contributed by atoms with Crippen LogP contribution in [0, 0.1) is 0 Å². The second kappa shape index (κ2) is 4.42. The average molecular weight is 258 g/mol. The number of aromatic nitrogens is 2. The number of H-pyrrole nitrogens is 2. The molecule has 0 bridgehead atoms. The van der Waals surface area contributed by atoms with Gasteiger partial charge in [-0.15, -0.1) is 10.6 Å². The predicted molar refractivity (Wildman–Crippen MR) is 69.1 cm³/mol. The highest BCUT2D eigenvalue weighted by molar-refractivity contribution is 5.99. The zero-order valence-corrected chi connectivity index (χ0v) is 9.65. The number of nitrogens with zero attached hydrogens (tertiary/aromatic N) is 1. The molecule has 1 aromatic carbocycles. The number of benzene rings is 1. The van der Waals surface area contributed by atoms with Gasteiger partial charge < -0.3 is 0 Å². The average Bonchev–Trinajstić information content (AvgIpc) is 2.96. The first-order valence-corrected chi connectivity index (χ1v) is 5.50. The molecular weight excluding hydrogens is 248 g/mol. The highest BCUT2D eigenvalue weighted by Crippen LogP contribution is 2.15. The number of hydrazine groups is 2. The van der Waals surface area contributed by atoms with E-state index in [0.29, 0.717) is 11.5 Å². The monoisotopic (exact) mass is 258 g/mol. The third kappa shape index (κ3) is 2.11. The van der Waals surface area contributed by atoms with Gasteiger partial charge in [-0.2, -0.15) is 0 Å². The second-order valence-corrected chi connectivity index (χ2v) is 3.90. The quantitative estimate of drug-likeness (QED) is 0.443. The van der Waals surface area contributed by atoms with Crippen molar-refractivity contribution in [2.24, 2.45) is 5.10 Å². The van der Waals surface area contributed by atoms with Crippen molar-refractivity contribution >= 4 is 5.84 Å². The third-order valence-corrected chi connectivity index (χ3v) is 2.68. The van der Waals surface area contributed by atoms with Gasteiger partial charge in [-0.05, 0) is 5.56 Å². The first-order valence-electron chi connectivity index (χ1n) is 5.50. The van der Waals surface area contributed by atoms with Crippen molar-refractivity contribution in [1.29, 1.82) is 0 Å². The minimum Gasteiger partial charge on any atom is -0.297 e. The SMILES string of the molecule is O=c1cc(-c2ccc(C3=NNNN3)cc2)[nH][nH]c1=O. The second-order valence-electron chi connectivity index (χ2n) is 3.90. The first-order chi connectivity index (χ1) is 9.24. The van der Waals surface area contributed by atoms with Crippen molar-refractivity contribution in [2.45, 2.75) is 0 Å². The van der Waals surface area contributed by atoms with Crippen LogP contribution in [0.2, 0.25) is 0 Å². The molecule has 5 N–H and O–H groups in total. The topological polar surface area (TPSA) is 114 Å². The minimum absolute atomic E-state index is 0.550. The van der Waals surface area contributed by atoms with Gasteiger partial charge in [0, 0.05) is 11.6 Å². The summed E-state index contributed by atoms with van der Waals surface area (Å²) in [6.45, 7) is 0. The van der Waals surface area contributed by atoms with Crippen molar-refractivity contribution < 1.29 is 0 Å². The molecular formula is C11H10N6O2. The van der Waals surface area contributed by atoms with Crippen LogP contribution in [-0.4, -0.2) is 16.0 Å². The number of amidine groups is 1. The first kappa shape index (κ1) is 11.2. The Morgan fingerprint density at radius 2 is 1.68 bits per heavy atom. The van der Waals surface area contributed by atoms with Crippen molar-refractivity contribution in [2.75, 3.05) is 0 Å². The van der Waals surface area contributed by atoms with Crippen LogP contribution in [0.5, 0.6) is 0 Å². The molecule has 0 fully saturated rings. The molecule has 19 heavy (non-hydrogen) atoms. The van der Waals surface area contributed by atoms with E-state index in [-0.39, 0.29) is 0 Å². The molecule has 2 heterocycles. The molecule has 8 heteroatoms. The molecule has 1 aliphatic rings. The molecule has 8 nitrogen and oxygen atoms in total. The van der Waals surface area contributed by atoms with Gasteiger partial charge in [0.05, 0.1) is 5.69 Å². The normalized spacial score (nSPS) is 13.6. The fourth-order valence-corrected chi connectivity index (χ4v) is 1.72. The maximum atomic E-state index is 11.3. The van der Waals surface area contributed by atoms with Crippen molar-refractivity contribution in [3.63, 3.8) is 0 Å². The molecule has 0 aliphatic carbocycles. The van der Waals surface area contributed by atoms with Crippen LogP contribution in [-0.2, 0) is 0 Å². The lowest BCUT2D eigenvalue weighted by atomic mass is 10.1. The maximum Gasteiger partial charge on any atom is 0.310 e. The van der Waals surface area contributed by atoms with E-state index in [2.05, 4.69) is 31.8 Å². The molecule has 0 atom stereocenters. The van der Waals surface area contributed by atoms with E-state index in [4.69, 9.17) is 0 Å². The van der Waals surface area contributed by atoms with Crippen molar-refractivity contribution in [1.82, 2.24) is 26.7 Å². The summed E-state index contributed by atoms with van der Waals surface area (Å²) in [7, 11) is 0. The Labute approximate surface area is 106 Å². The summed E-state index contributed by atoms with van der Waals surface area (Å²) >= 11 is 0. The lowest BCUT2D eigenvalue weighted by molar-refractivity contribution is 0.577. The molecule has 0 saturated heterocycles. The Hall–Kier alpha value is -2.87. The largest absolute Gasteiger partial charge is 0.310 e. The van der Waals surface area contributed by atoms with Crippen LogP contribution in [0.15, 0.2) is 45.0 Å². The van der Waals surface area contributed by atoms with Crippen LogP contribution in [0.4, 0.5) is 0 Å². The van der Waals surface area contributed by atoms with Crippen LogP contribution >= 0.6 is 0 Å². The van der Waals surface area contributed by atoms with Crippen molar-refractivity contribution in [3.05, 3.63) is 56.5 Å². The molecule has 2 aromatic rings. The summed E-state index contributed by atoms with van der Waals surface area (Å²) < 4.78 is 0. The standard InChI is InChI=1S/C11H10N6O2/c18-9-5-8(12-15-11(9)19)6-1-3-7(4-2-6)10-13-16-17-14-10/h1-5,16-17H,(H,12,18)(H,13,14)(H,15,19). The zero-order chi connectivity index (χ0) is 13.2. The van der Waals surface area contributed by atoms with E-state index in [1.54, 1.807) is 0 Å². The lowest BCUT2D eigenvalue weighted by Gasteiger charge is -2.03. The maximum absolute atomic E-state index is 11.3. The fraction of sp³-hybridized carbons (Fsp3) is 0. The molecule has 3 rings (SSSR count). The lowest BCUT2D eigenvalue weighted by Crippen LogP contribution is -2.35. The summed E-state index contributed by atoms with van der Waals surface area (Å²) in [5, 5.41) is 8.94. The van der Waals surface area contributed by atoms with Crippen LogP contribution in [0.3, 0.4) is 0 Å². The van der Waals surface area contributed by atoms with Crippen molar-refractivity contribution in [3.8, 4) is 11.3 Å². The van der Waals surface area contributed by atoms with E-state index >= 15 is 0 Å². The van der Waals surface area contributed by atoms with Gasteiger partial charge >= 0.3 is 5.56 Å². The fourth-order valence-electron chi connectivity index (χ4n) is 1.72. The Morgan fingerprint density at radius 3 is 2.32 bits per heavy atom. The minimum atomic E-state index is -0.665. The predicted octanol–water partition coefficient (Wildman–Crippen LogP) is -0.996. The van der Waals surface area contributed by atoms with Gasteiger partial charge in [0.2, 0.25) is 5.43 Å². The van der Waals surface area contributed by atoms with Gasteiger partial charge in [0.15, 0.2) is 5.84 Å². The van der Waals surface area contributed by atoms with Gasteiger partial charge in [-0.25, -0.2) is 5.53 Å². The van der Waals surface area contributed by atoms with Crippen LogP contribution < -0.4 is 27.5 Å². The highest BCUT2D eigenvalue weighted by Gasteiger charge is 2.08. The van der Waals surface area contributed by atoms with E-state index < -0.39 is 11.0 Å². The Balaban J connectivity index is 1.95. The molecule has 0 radical (unpaired) electrons. The molecule has 1 aliphatic heterocycles. The molecule has 1 aromatic heterocycles. The number of nitrogens with one attached hydrogen (secondary N) is 5. The highest BCUT2D eigenvalue weighted by atomic mass is 16.2. The van der Waals surface area contributed by atoms with Crippen LogP contribution in [0.25, 0.3) is 11.3 Å². The van der Waals surface area contributed by atoms with Gasteiger partial charge in [-0.3, -0.25) is 25.2 Å². The van der Waals surface area contributed by atoms with Gasteiger partial charge in [-0.1, -0.05) is 24.3 Å². The van der Waals surface area contributed by atoms with E-state index in [1.807, 2.05) is 24.3 Å². The van der Waals surface area contributed by atoms with Gasteiger partial charge in [0.1, 0.15) is 0 Å². The Kier molecular flexibility index (Phi) is 2.62. The smallest absolute Gasteiger partial charge is 0.297 e. The molecule has 0 saturated carbocycles.